The molecule has 0 rings (SSSR count). The van der Waals surface area contributed by atoms with Crippen LogP contribution in [0.2, 0.25) is 0 Å². The van der Waals surface area contributed by atoms with Crippen molar-refractivity contribution >= 4 is 46.4 Å². The van der Waals surface area contributed by atoms with Crippen LogP contribution in [0.25, 0.3) is 0 Å². The highest BCUT2D eigenvalue weighted by Gasteiger charge is 2.11. The first-order valence-corrected chi connectivity index (χ1v) is 2.27. The van der Waals surface area contributed by atoms with Gasteiger partial charge in [-0.15, -0.1) is 0 Å². The fourth-order valence-corrected chi connectivity index (χ4v) is 0. The Morgan fingerprint density at radius 3 is 0.800 bits per heavy atom. The van der Waals surface area contributed by atoms with Gasteiger partial charge < -0.3 is 0 Å². The molecular weight excluding hydrogens is 155 g/mol. The first-order chi connectivity index (χ1) is 2.00. The summed E-state index contributed by atoms with van der Waals surface area (Å²) in [5.41, 5.74) is 0. The van der Waals surface area contributed by atoms with Gasteiger partial charge in [0.2, 0.25) is 0 Å². The summed E-state index contributed by atoms with van der Waals surface area (Å²) >= 11 is 19.3. The maximum absolute atomic E-state index is 4.83. The molecule has 0 bridgehead atoms. The Morgan fingerprint density at radius 1 is 0.800 bits per heavy atom. The molecule has 0 radical (unpaired) electrons. The highest BCUT2D eigenvalue weighted by atomic mass is 35.6. The zero-order valence-corrected chi connectivity index (χ0v) is 5.04. The van der Waals surface area contributed by atoms with Crippen molar-refractivity contribution in [1.82, 2.24) is 0 Å². The van der Waals surface area contributed by atoms with E-state index in [4.69, 9.17) is 46.4 Å². The molecule has 0 heterocycles. The van der Waals surface area contributed by atoms with E-state index in [1.54, 1.807) is 0 Å². The zero-order valence-electron chi connectivity index (χ0n) is 2.01. The highest BCUT2D eigenvalue weighted by molar-refractivity contribution is 6.83. The summed E-state index contributed by atoms with van der Waals surface area (Å²) in [4.78, 5) is 0. The van der Waals surface area contributed by atoms with Crippen LogP contribution in [0.5, 0.6) is 0 Å². The van der Waals surface area contributed by atoms with Crippen molar-refractivity contribution < 1.29 is 0 Å². The second kappa shape index (κ2) is 1.74. The normalized spacial score (nSPS) is 12.0. The van der Waals surface area contributed by atoms with Crippen LogP contribution in [-0.4, -0.2) is 3.25 Å². The van der Waals surface area contributed by atoms with Crippen molar-refractivity contribution in [1.29, 1.82) is 0 Å². The van der Waals surface area contributed by atoms with Gasteiger partial charge in [-0.1, -0.05) is 46.4 Å². The zero-order chi connectivity index (χ0) is 4.50. The lowest BCUT2D eigenvalue weighted by atomic mass is 12.8. The number of rotatable bonds is 0. The maximum Gasteiger partial charge on any atom is 0.266 e. The minimum atomic E-state index is -1.61. The third-order valence-corrected chi connectivity index (χ3v) is 0. The van der Waals surface area contributed by atoms with Crippen LogP contribution in [0.15, 0.2) is 0 Å². The lowest BCUT2D eigenvalue weighted by Gasteiger charge is -1.91. The lowest BCUT2D eigenvalue weighted by Crippen LogP contribution is -1.81. The van der Waals surface area contributed by atoms with Crippen molar-refractivity contribution in [3.8, 4) is 0 Å². The van der Waals surface area contributed by atoms with Crippen molar-refractivity contribution in [2.75, 3.05) is 0 Å². The summed E-state index contributed by atoms with van der Waals surface area (Å²) in [5, 5.41) is 0. The van der Waals surface area contributed by atoms with E-state index in [1.165, 1.54) is 0 Å². The SMILES string of the molecule is Cl[13C](Cl)(Cl)Cl. The molecular formula is CCl4. The van der Waals surface area contributed by atoms with Crippen molar-refractivity contribution in [3.63, 3.8) is 0 Å². The molecule has 0 nitrogen and oxygen atoms in total. The van der Waals surface area contributed by atoms with Crippen LogP contribution in [0.3, 0.4) is 0 Å². The van der Waals surface area contributed by atoms with E-state index in [9.17, 15) is 0 Å². The molecule has 0 aliphatic heterocycles. The van der Waals surface area contributed by atoms with Gasteiger partial charge in [-0.2, -0.15) is 0 Å². The second-order valence-electron chi connectivity index (χ2n) is 0.429. The van der Waals surface area contributed by atoms with Gasteiger partial charge in [0.05, 0.1) is 0 Å². The summed E-state index contributed by atoms with van der Waals surface area (Å²) < 4.78 is -1.61. The minimum Gasteiger partial charge on any atom is -0.0664 e. The molecule has 0 aromatic heterocycles. The summed E-state index contributed by atoms with van der Waals surface area (Å²) in [6.07, 6.45) is 0. The fraction of sp³-hybridized carbons (Fsp3) is 1.00. The van der Waals surface area contributed by atoms with Crippen LogP contribution >= 0.6 is 46.4 Å². The van der Waals surface area contributed by atoms with Crippen LogP contribution < -0.4 is 0 Å². The van der Waals surface area contributed by atoms with Crippen LogP contribution in [0, 0.1) is 0 Å². The Hall–Kier alpha value is 1.16. The van der Waals surface area contributed by atoms with Crippen LogP contribution in [0.1, 0.15) is 0 Å². The molecule has 0 unspecified atom stereocenters. The van der Waals surface area contributed by atoms with Crippen molar-refractivity contribution in [2.24, 2.45) is 0 Å². The number of halogens is 4. The Morgan fingerprint density at radius 2 is 0.800 bits per heavy atom. The van der Waals surface area contributed by atoms with E-state index in [0.717, 1.165) is 0 Å². The summed E-state index contributed by atoms with van der Waals surface area (Å²) in [5.74, 6) is 0. The van der Waals surface area contributed by atoms with Crippen LogP contribution in [-0.2, 0) is 0 Å². The standard InChI is InChI=1S/CCl4/c2-1(3,4)5/i1+1. The maximum atomic E-state index is 4.83. The van der Waals surface area contributed by atoms with E-state index in [-0.39, 0.29) is 0 Å². The lowest BCUT2D eigenvalue weighted by molar-refractivity contribution is 1.76. The third kappa shape index (κ3) is 38.3. The second-order valence-corrected chi connectivity index (χ2v) is 3.86. The monoisotopic (exact) mass is 153 g/mol. The highest BCUT2D eigenvalue weighted by Crippen LogP contribution is 2.29. The number of hydrogen-bond donors (Lipinski definition) is 0. The van der Waals surface area contributed by atoms with Crippen LogP contribution in [0.4, 0.5) is 0 Å². The van der Waals surface area contributed by atoms with E-state index >= 15 is 0 Å². The topological polar surface area (TPSA) is 0 Å². The molecule has 0 saturated carbocycles. The smallest absolute Gasteiger partial charge is 0.0664 e. The number of alkyl halides is 4. The first kappa shape index (κ1) is 6.16. The summed E-state index contributed by atoms with van der Waals surface area (Å²) in [6.45, 7) is 0. The van der Waals surface area contributed by atoms with Gasteiger partial charge in [-0.3, -0.25) is 0 Å². The molecule has 4 heteroatoms. The first-order valence-electron chi connectivity index (χ1n) is 0.756. The summed E-state index contributed by atoms with van der Waals surface area (Å²) in [7, 11) is 0. The molecule has 0 atom stereocenters. The molecule has 0 fully saturated rings. The molecule has 0 aromatic carbocycles. The molecule has 0 spiro atoms. The van der Waals surface area contributed by atoms with E-state index < -0.39 is 3.25 Å². The predicted octanol–water partition coefficient (Wildman–Crippen LogP) is 2.55. The predicted molar refractivity (Wildman–Crippen MR) is 26.1 cm³/mol. The largest absolute Gasteiger partial charge is 0.266 e. The van der Waals surface area contributed by atoms with Crippen molar-refractivity contribution in [2.45, 2.75) is 3.25 Å². The van der Waals surface area contributed by atoms with Gasteiger partial charge in [0, 0.05) is 0 Å². The molecule has 32 valence electrons. The van der Waals surface area contributed by atoms with E-state index in [2.05, 4.69) is 0 Å². The molecule has 0 N–H and O–H groups in total. The summed E-state index contributed by atoms with van der Waals surface area (Å²) in [6, 6.07) is 0. The molecule has 0 aliphatic carbocycles. The number of hydrogen-bond acceptors (Lipinski definition) is 0. The Kier molecular flexibility index (Phi) is 2.15. The van der Waals surface area contributed by atoms with Gasteiger partial charge in [0.1, 0.15) is 0 Å². The molecule has 0 saturated heterocycles. The third-order valence-electron chi connectivity index (χ3n) is 0. The van der Waals surface area contributed by atoms with E-state index in [0.29, 0.717) is 0 Å². The Bertz CT molecular complexity index is 19.1. The van der Waals surface area contributed by atoms with Gasteiger partial charge in [0.15, 0.2) is 0 Å². The Labute approximate surface area is 50.0 Å². The molecule has 0 aliphatic rings. The van der Waals surface area contributed by atoms with Gasteiger partial charge in [0.25, 0.3) is 3.25 Å². The average molecular weight is 155 g/mol. The Balaban J connectivity index is 3.02. The van der Waals surface area contributed by atoms with Crippen molar-refractivity contribution in [3.05, 3.63) is 0 Å². The molecule has 0 amide bonds. The fourth-order valence-electron chi connectivity index (χ4n) is 0. The molecule has 0 aromatic rings. The quantitative estimate of drug-likeness (QED) is 0.372. The van der Waals surface area contributed by atoms with Gasteiger partial charge >= 0.3 is 0 Å². The average Bonchev–Trinajstić information content (AvgIpc) is 0.722. The van der Waals surface area contributed by atoms with Gasteiger partial charge in [-0.05, 0) is 0 Å². The molecule has 5 heavy (non-hydrogen) atoms. The van der Waals surface area contributed by atoms with Gasteiger partial charge in [-0.25, -0.2) is 0 Å². The van der Waals surface area contributed by atoms with E-state index in [1.807, 2.05) is 0 Å². The minimum absolute atomic E-state index is 1.61.